The van der Waals surface area contributed by atoms with Crippen molar-refractivity contribution in [3.63, 3.8) is 0 Å². The van der Waals surface area contributed by atoms with Crippen molar-refractivity contribution in [3.8, 4) is 5.88 Å². The number of nitrogens with zero attached hydrogens (tertiary/aromatic N) is 3. The van der Waals surface area contributed by atoms with Gasteiger partial charge in [0.15, 0.2) is 0 Å². The molecule has 1 heterocycles. The Bertz CT molecular complexity index is 742. The average molecular weight is 357 g/mol. The molecule has 1 aromatic heterocycles. The lowest BCUT2D eigenvalue weighted by molar-refractivity contribution is -0.117. The Balaban J connectivity index is 2.13. The molecule has 0 spiro atoms. The van der Waals surface area contributed by atoms with Crippen LogP contribution in [0.1, 0.15) is 46.2 Å². The SMILES string of the molecule is C=N/C(NC1(C)CC1)=C(\C)C(C(=O)NCc1ccc(OC)nn1)=C(C)C. The molecule has 0 saturated heterocycles. The number of allylic oxidation sites excluding steroid dienone is 1. The lowest BCUT2D eigenvalue weighted by Gasteiger charge is -2.18. The molecule has 140 valence electrons. The first-order valence-corrected chi connectivity index (χ1v) is 8.58. The molecule has 2 rings (SSSR count). The first-order chi connectivity index (χ1) is 12.3. The van der Waals surface area contributed by atoms with Crippen LogP contribution in [0, 0.1) is 0 Å². The molecular weight excluding hydrogens is 330 g/mol. The van der Waals surface area contributed by atoms with Gasteiger partial charge >= 0.3 is 0 Å². The largest absolute Gasteiger partial charge is 0.480 e. The fraction of sp³-hybridized carbons (Fsp3) is 0.474. The molecule has 1 fully saturated rings. The molecule has 2 N–H and O–H groups in total. The van der Waals surface area contributed by atoms with Crippen molar-refractivity contribution >= 4 is 12.6 Å². The lowest BCUT2D eigenvalue weighted by atomic mass is 10.0. The molecule has 0 aromatic carbocycles. The minimum absolute atomic E-state index is 0.0553. The standard InChI is InChI=1S/C19H27N5O2/c1-12(2)16(13(3)17(20-5)22-19(4)9-10-19)18(25)21-11-14-7-8-15(26-6)24-23-14/h7-8,22H,5,9-11H2,1-4,6H3,(H,21,25)/b17-13-. The minimum atomic E-state index is -0.177. The van der Waals surface area contributed by atoms with Gasteiger partial charge in [0.25, 0.3) is 5.91 Å². The van der Waals surface area contributed by atoms with Gasteiger partial charge in [-0.15, -0.1) is 5.10 Å². The molecule has 1 amide bonds. The highest BCUT2D eigenvalue weighted by Gasteiger charge is 2.38. The summed E-state index contributed by atoms with van der Waals surface area (Å²) in [5.74, 6) is 0.912. The van der Waals surface area contributed by atoms with E-state index in [0.29, 0.717) is 23.0 Å². The second-order valence-electron chi connectivity index (χ2n) is 6.94. The number of hydrogen-bond donors (Lipinski definition) is 2. The number of carbonyl (C=O) groups is 1. The number of ether oxygens (including phenoxy) is 1. The predicted octanol–water partition coefficient (Wildman–Crippen LogP) is 2.51. The van der Waals surface area contributed by atoms with Gasteiger partial charge < -0.3 is 15.4 Å². The van der Waals surface area contributed by atoms with Crippen LogP contribution >= 0.6 is 0 Å². The zero-order chi connectivity index (χ0) is 19.3. The lowest BCUT2D eigenvalue weighted by Crippen LogP contribution is -2.30. The Kier molecular flexibility index (Phi) is 6.13. The van der Waals surface area contributed by atoms with Gasteiger partial charge in [0.1, 0.15) is 5.82 Å². The molecule has 0 aliphatic heterocycles. The third-order valence-electron chi connectivity index (χ3n) is 4.37. The van der Waals surface area contributed by atoms with Gasteiger partial charge in [-0.1, -0.05) is 5.57 Å². The van der Waals surface area contributed by atoms with Crippen LogP contribution in [-0.4, -0.2) is 35.5 Å². The van der Waals surface area contributed by atoms with E-state index >= 15 is 0 Å². The number of nitrogens with one attached hydrogen (secondary N) is 2. The Morgan fingerprint density at radius 1 is 1.31 bits per heavy atom. The van der Waals surface area contributed by atoms with Gasteiger partial charge in [-0.3, -0.25) is 4.79 Å². The Labute approximate surface area is 154 Å². The van der Waals surface area contributed by atoms with Gasteiger partial charge in [-0.25, -0.2) is 4.99 Å². The van der Waals surface area contributed by atoms with Crippen molar-refractivity contribution < 1.29 is 9.53 Å². The molecule has 0 bridgehead atoms. The van der Waals surface area contributed by atoms with Crippen molar-refractivity contribution in [1.29, 1.82) is 0 Å². The van der Waals surface area contributed by atoms with Gasteiger partial charge in [0.05, 0.1) is 19.3 Å². The summed E-state index contributed by atoms with van der Waals surface area (Å²) in [6, 6.07) is 3.48. The topological polar surface area (TPSA) is 88.5 Å². The highest BCUT2D eigenvalue weighted by Crippen LogP contribution is 2.36. The van der Waals surface area contributed by atoms with Crippen molar-refractivity contribution in [2.24, 2.45) is 4.99 Å². The third kappa shape index (κ3) is 4.91. The summed E-state index contributed by atoms with van der Waals surface area (Å²) in [5, 5.41) is 14.2. The number of aliphatic imine (C=N–C) groups is 1. The molecule has 0 unspecified atom stereocenters. The van der Waals surface area contributed by atoms with E-state index in [9.17, 15) is 4.79 Å². The van der Waals surface area contributed by atoms with Crippen molar-refractivity contribution in [1.82, 2.24) is 20.8 Å². The molecule has 7 heteroatoms. The normalized spacial score (nSPS) is 15.4. The monoisotopic (exact) mass is 357 g/mol. The van der Waals surface area contributed by atoms with Gasteiger partial charge in [0.2, 0.25) is 5.88 Å². The second-order valence-corrected chi connectivity index (χ2v) is 6.94. The Morgan fingerprint density at radius 3 is 2.46 bits per heavy atom. The molecule has 26 heavy (non-hydrogen) atoms. The van der Waals surface area contributed by atoms with E-state index in [1.54, 1.807) is 12.1 Å². The summed E-state index contributed by atoms with van der Waals surface area (Å²) in [4.78, 5) is 16.9. The fourth-order valence-electron chi connectivity index (χ4n) is 2.55. The van der Waals surface area contributed by atoms with Gasteiger partial charge in [0, 0.05) is 22.8 Å². The van der Waals surface area contributed by atoms with E-state index in [2.05, 4.69) is 39.5 Å². The highest BCUT2D eigenvalue weighted by atomic mass is 16.5. The van der Waals surface area contributed by atoms with Crippen LogP contribution in [0.4, 0.5) is 0 Å². The summed E-state index contributed by atoms with van der Waals surface area (Å²) >= 11 is 0. The molecule has 1 saturated carbocycles. The number of carbonyl (C=O) groups excluding carboxylic acids is 1. The van der Waals surface area contributed by atoms with Crippen LogP contribution in [0.5, 0.6) is 5.88 Å². The predicted molar refractivity (Wildman–Crippen MR) is 102 cm³/mol. The summed E-state index contributed by atoms with van der Waals surface area (Å²) in [7, 11) is 1.53. The highest BCUT2D eigenvalue weighted by molar-refractivity contribution is 5.98. The maximum atomic E-state index is 12.8. The second kappa shape index (κ2) is 8.12. The number of rotatable bonds is 8. The zero-order valence-electron chi connectivity index (χ0n) is 16.1. The summed E-state index contributed by atoms with van der Waals surface area (Å²) in [6.45, 7) is 11.8. The minimum Gasteiger partial charge on any atom is -0.480 e. The maximum Gasteiger partial charge on any atom is 0.251 e. The summed E-state index contributed by atoms with van der Waals surface area (Å²) in [6.07, 6.45) is 2.18. The number of aromatic nitrogens is 2. The van der Waals surface area contributed by atoms with E-state index < -0.39 is 0 Å². The van der Waals surface area contributed by atoms with Crippen molar-refractivity contribution in [2.45, 2.75) is 52.6 Å². The molecular formula is C19H27N5O2. The van der Waals surface area contributed by atoms with Gasteiger partial charge in [-0.05, 0) is 53.3 Å². The maximum absolute atomic E-state index is 12.8. The van der Waals surface area contributed by atoms with E-state index in [1.807, 2.05) is 20.8 Å². The fourth-order valence-corrected chi connectivity index (χ4v) is 2.55. The molecule has 1 aromatic rings. The van der Waals surface area contributed by atoms with Crippen LogP contribution in [-0.2, 0) is 11.3 Å². The van der Waals surface area contributed by atoms with Crippen LogP contribution in [0.15, 0.2) is 39.7 Å². The molecule has 1 aliphatic carbocycles. The van der Waals surface area contributed by atoms with E-state index in [4.69, 9.17) is 4.74 Å². The number of methoxy groups -OCH3 is 1. The van der Waals surface area contributed by atoms with Crippen molar-refractivity contribution in [3.05, 3.63) is 40.4 Å². The summed E-state index contributed by atoms with van der Waals surface area (Å²) < 4.78 is 4.98. The van der Waals surface area contributed by atoms with E-state index in [0.717, 1.165) is 24.0 Å². The third-order valence-corrected chi connectivity index (χ3v) is 4.37. The van der Waals surface area contributed by atoms with E-state index in [-0.39, 0.29) is 18.0 Å². The smallest absolute Gasteiger partial charge is 0.251 e. The molecule has 7 nitrogen and oxygen atoms in total. The summed E-state index contributed by atoms with van der Waals surface area (Å²) in [5.41, 5.74) is 3.00. The van der Waals surface area contributed by atoms with E-state index in [1.165, 1.54) is 7.11 Å². The number of hydrogen-bond acceptors (Lipinski definition) is 6. The molecule has 1 aliphatic rings. The first-order valence-electron chi connectivity index (χ1n) is 8.58. The van der Waals surface area contributed by atoms with Crippen LogP contribution in [0.2, 0.25) is 0 Å². The Morgan fingerprint density at radius 2 is 2.00 bits per heavy atom. The van der Waals surface area contributed by atoms with Crippen LogP contribution < -0.4 is 15.4 Å². The molecule has 0 radical (unpaired) electrons. The van der Waals surface area contributed by atoms with Crippen LogP contribution in [0.25, 0.3) is 0 Å². The quantitative estimate of drug-likeness (QED) is 0.424. The number of amides is 1. The van der Waals surface area contributed by atoms with Gasteiger partial charge in [-0.2, -0.15) is 5.10 Å². The molecule has 0 atom stereocenters. The zero-order valence-corrected chi connectivity index (χ0v) is 16.1. The Hall–Kier alpha value is -2.70. The van der Waals surface area contributed by atoms with Crippen molar-refractivity contribution in [2.75, 3.05) is 7.11 Å². The first kappa shape index (κ1) is 19.6. The average Bonchev–Trinajstić information content (AvgIpc) is 3.35. The van der Waals surface area contributed by atoms with Crippen LogP contribution in [0.3, 0.4) is 0 Å².